The van der Waals surface area contributed by atoms with E-state index in [0.29, 0.717) is 5.92 Å². The van der Waals surface area contributed by atoms with Gasteiger partial charge in [0.1, 0.15) is 1.37 Å². The third-order valence-corrected chi connectivity index (χ3v) is 3.25. The summed E-state index contributed by atoms with van der Waals surface area (Å²) in [6, 6.07) is 8.22. The molecular formula is C13H18N2O. The molecule has 1 aliphatic rings. The van der Waals surface area contributed by atoms with Gasteiger partial charge in [0.2, 0.25) is 6.39 Å². The van der Waals surface area contributed by atoms with E-state index in [2.05, 4.69) is 29.4 Å². The van der Waals surface area contributed by atoms with Gasteiger partial charge in [0.25, 0.3) is 0 Å². The van der Waals surface area contributed by atoms with Gasteiger partial charge in [-0.25, -0.2) is 0 Å². The van der Waals surface area contributed by atoms with Crippen LogP contribution in [0.2, 0.25) is 0 Å². The minimum absolute atomic E-state index is 0.0990. The number of nitrogens with zero attached hydrogens (tertiary/aromatic N) is 1. The van der Waals surface area contributed by atoms with Crippen LogP contribution in [0.1, 0.15) is 31.4 Å². The van der Waals surface area contributed by atoms with Crippen molar-refractivity contribution in [2.75, 3.05) is 20.1 Å². The first-order chi connectivity index (χ1) is 8.06. The molecule has 0 radical (unpaired) electrons. The fraction of sp³-hybridized carbons (Fsp3) is 0.462. The van der Waals surface area contributed by atoms with Gasteiger partial charge in [-0.1, -0.05) is 24.3 Å². The number of carbonyl (C=O) groups excluding carboxylic acids is 1. The Bertz CT molecular complexity index is 398. The SMILES string of the molecule is [3H]C(=O)NC(C)c1ccc(C2CN(C)C2)cc1. The molecule has 1 aromatic rings. The average molecular weight is 220 g/mol. The van der Waals surface area contributed by atoms with E-state index in [1.165, 1.54) is 5.56 Å². The topological polar surface area (TPSA) is 32.3 Å². The lowest BCUT2D eigenvalue weighted by atomic mass is 9.91. The highest BCUT2D eigenvalue weighted by Gasteiger charge is 2.24. The number of hydrogen-bond acceptors (Lipinski definition) is 2. The highest BCUT2D eigenvalue weighted by Crippen LogP contribution is 2.26. The monoisotopic (exact) mass is 220 g/mol. The second kappa shape index (κ2) is 4.66. The number of benzene rings is 1. The van der Waals surface area contributed by atoms with Crippen molar-refractivity contribution in [2.24, 2.45) is 0 Å². The number of hydrogen-bond donors (Lipinski definition) is 1. The molecule has 1 saturated heterocycles. The highest BCUT2D eigenvalue weighted by atomic mass is 16.1. The number of carbonyl (C=O) groups is 1. The second-order valence-corrected chi connectivity index (χ2v) is 4.55. The van der Waals surface area contributed by atoms with E-state index in [1.54, 1.807) is 0 Å². The summed E-state index contributed by atoms with van der Waals surface area (Å²) in [5.74, 6) is 0.648. The predicted molar refractivity (Wildman–Crippen MR) is 64.3 cm³/mol. The standard InChI is InChI=1S/C13H18N2O/c1-10(14-9-16)11-3-5-12(6-4-11)13-7-15(2)8-13/h3-6,9-10,13H,7-8H2,1-2H3,(H,14,16)/i9T. The Kier molecular flexibility index (Phi) is 2.87. The molecule has 1 heterocycles. The largest absolute Gasteiger partial charge is 0.352 e. The molecule has 1 amide bonds. The van der Waals surface area contributed by atoms with Crippen LogP contribution in [0.4, 0.5) is 0 Å². The van der Waals surface area contributed by atoms with Crippen LogP contribution < -0.4 is 5.32 Å². The van der Waals surface area contributed by atoms with Crippen molar-refractivity contribution in [3.8, 4) is 0 Å². The van der Waals surface area contributed by atoms with E-state index in [1.807, 2.05) is 19.1 Å². The van der Waals surface area contributed by atoms with Crippen molar-refractivity contribution >= 4 is 6.39 Å². The van der Waals surface area contributed by atoms with Crippen molar-refractivity contribution in [3.63, 3.8) is 0 Å². The number of likely N-dealkylation sites (tertiary alicyclic amines) is 1. The van der Waals surface area contributed by atoms with Gasteiger partial charge in [-0.15, -0.1) is 0 Å². The Balaban J connectivity index is 2.00. The number of likely N-dealkylation sites (N-methyl/N-ethyl adjacent to an activating group) is 1. The maximum absolute atomic E-state index is 10.6. The van der Waals surface area contributed by atoms with Gasteiger partial charge >= 0.3 is 0 Å². The van der Waals surface area contributed by atoms with E-state index in [4.69, 9.17) is 1.37 Å². The Morgan fingerprint density at radius 1 is 1.50 bits per heavy atom. The molecule has 2 rings (SSSR count). The molecule has 1 atom stereocenters. The maximum Gasteiger partial charge on any atom is 0.207 e. The molecule has 0 aliphatic carbocycles. The zero-order chi connectivity index (χ0) is 12.4. The molecule has 86 valence electrons. The highest BCUT2D eigenvalue weighted by molar-refractivity contribution is 5.47. The summed E-state index contributed by atoms with van der Waals surface area (Å²) in [5.41, 5.74) is 2.40. The van der Waals surface area contributed by atoms with Crippen LogP contribution in [0.15, 0.2) is 24.3 Å². The van der Waals surface area contributed by atoms with Crippen LogP contribution >= 0.6 is 0 Å². The summed E-state index contributed by atoms with van der Waals surface area (Å²) in [7, 11) is 2.12. The average Bonchev–Trinajstić information content (AvgIpc) is 2.24. The van der Waals surface area contributed by atoms with E-state index in [-0.39, 0.29) is 6.04 Å². The maximum atomic E-state index is 10.6. The van der Waals surface area contributed by atoms with Crippen LogP contribution in [0.5, 0.6) is 0 Å². The minimum atomic E-state index is -0.734. The molecule has 3 heteroatoms. The van der Waals surface area contributed by atoms with E-state index in [9.17, 15) is 4.79 Å². The summed E-state index contributed by atoms with van der Waals surface area (Å²) in [6.07, 6.45) is -0.734. The van der Waals surface area contributed by atoms with Crippen molar-refractivity contribution in [1.82, 2.24) is 10.2 Å². The molecular weight excluding hydrogens is 200 g/mol. The second-order valence-electron chi connectivity index (χ2n) is 4.55. The first-order valence-corrected chi connectivity index (χ1v) is 5.62. The molecule has 0 aromatic heterocycles. The molecule has 16 heavy (non-hydrogen) atoms. The van der Waals surface area contributed by atoms with Crippen LogP contribution in [0.3, 0.4) is 0 Å². The van der Waals surface area contributed by atoms with Crippen molar-refractivity contribution in [1.29, 1.82) is 0 Å². The summed E-state index contributed by atoms with van der Waals surface area (Å²) < 4.78 is 6.87. The van der Waals surface area contributed by atoms with Crippen LogP contribution in [0.25, 0.3) is 0 Å². The van der Waals surface area contributed by atoms with Crippen LogP contribution in [0, 0.1) is 0 Å². The molecule has 1 aromatic carbocycles. The lowest BCUT2D eigenvalue weighted by molar-refractivity contribution is -0.110. The number of rotatable bonds is 3. The van der Waals surface area contributed by atoms with Gasteiger partial charge in [0, 0.05) is 19.0 Å². The molecule has 1 N–H and O–H groups in total. The smallest absolute Gasteiger partial charge is 0.207 e. The van der Waals surface area contributed by atoms with Gasteiger partial charge in [0.15, 0.2) is 0 Å². The Morgan fingerprint density at radius 3 is 2.62 bits per heavy atom. The van der Waals surface area contributed by atoms with Gasteiger partial charge in [-0.05, 0) is 25.1 Å². The molecule has 3 nitrogen and oxygen atoms in total. The fourth-order valence-corrected chi connectivity index (χ4v) is 2.14. The quantitative estimate of drug-likeness (QED) is 0.783. The van der Waals surface area contributed by atoms with Crippen molar-refractivity contribution < 1.29 is 6.17 Å². The summed E-state index contributed by atoms with van der Waals surface area (Å²) in [4.78, 5) is 12.9. The fourth-order valence-electron chi connectivity index (χ4n) is 2.14. The van der Waals surface area contributed by atoms with Crippen molar-refractivity contribution in [3.05, 3.63) is 35.4 Å². The molecule has 0 bridgehead atoms. The number of amides is 1. The molecule has 1 unspecified atom stereocenters. The molecule has 0 spiro atoms. The predicted octanol–water partition coefficient (Wildman–Crippen LogP) is 1.52. The van der Waals surface area contributed by atoms with Crippen LogP contribution in [-0.4, -0.2) is 31.4 Å². The van der Waals surface area contributed by atoms with E-state index < -0.39 is 6.39 Å². The van der Waals surface area contributed by atoms with Gasteiger partial charge < -0.3 is 10.2 Å². The molecule has 0 saturated carbocycles. The summed E-state index contributed by atoms with van der Waals surface area (Å²) >= 11 is 0. The lowest BCUT2D eigenvalue weighted by Gasteiger charge is -2.36. The van der Waals surface area contributed by atoms with E-state index >= 15 is 0 Å². The molecule has 1 fully saturated rings. The van der Waals surface area contributed by atoms with Crippen LogP contribution in [-0.2, 0) is 4.79 Å². The summed E-state index contributed by atoms with van der Waals surface area (Å²) in [5, 5.41) is 2.56. The zero-order valence-electron chi connectivity index (χ0n) is 10.7. The minimum Gasteiger partial charge on any atom is -0.352 e. The Hall–Kier alpha value is -1.35. The Labute approximate surface area is 97.9 Å². The first-order valence-electron chi connectivity index (χ1n) is 6.12. The zero-order valence-corrected chi connectivity index (χ0v) is 9.73. The van der Waals surface area contributed by atoms with Gasteiger partial charge in [-0.3, -0.25) is 4.79 Å². The van der Waals surface area contributed by atoms with Crippen molar-refractivity contribution in [2.45, 2.75) is 18.9 Å². The third-order valence-electron chi connectivity index (χ3n) is 3.25. The summed E-state index contributed by atoms with van der Waals surface area (Å²) in [6.45, 7) is 4.13. The normalized spacial score (nSPS) is 19.8. The first kappa shape index (κ1) is 9.85. The van der Waals surface area contributed by atoms with E-state index in [0.717, 1.165) is 18.7 Å². The third kappa shape index (κ3) is 2.25. The number of nitrogens with one attached hydrogen (secondary N) is 1. The van der Waals surface area contributed by atoms with Gasteiger partial charge in [-0.2, -0.15) is 0 Å². The lowest BCUT2D eigenvalue weighted by Crippen LogP contribution is -2.41. The van der Waals surface area contributed by atoms with Gasteiger partial charge in [0.05, 0.1) is 6.04 Å². The Morgan fingerprint density at radius 2 is 2.12 bits per heavy atom. The molecule has 1 aliphatic heterocycles.